The monoisotopic (exact) mass is 246 g/mol. The summed E-state index contributed by atoms with van der Waals surface area (Å²) in [4.78, 5) is 2.47. The predicted octanol–water partition coefficient (Wildman–Crippen LogP) is 2.87. The number of nitrogens with zero attached hydrogens (tertiary/aromatic N) is 1. The molecule has 0 bridgehead atoms. The van der Waals surface area contributed by atoms with Crippen LogP contribution in [0.1, 0.15) is 40.3 Å². The SMILES string of the molecule is Cc1cc(C2CC(CN)CN2C)c(C)c(C)c1C. The average Bonchev–Trinajstić information content (AvgIpc) is 2.72. The van der Waals surface area contributed by atoms with E-state index in [1.807, 2.05) is 0 Å². The van der Waals surface area contributed by atoms with E-state index in [4.69, 9.17) is 5.73 Å². The summed E-state index contributed by atoms with van der Waals surface area (Å²) in [6, 6.07) is 2.94. The maximum absolute atomic E-state index is 5.83. The Labute approximate surface area is 111 Å². The molecule has 0 amide bonds. The molecule has 1 saturated heterocycles. The summed E-state index contributed by atoms with van der Waals surface area (Å²) in [5, 5.41) is 0. The van der Waals surface area contributed by atoms with Crippen LogP contribution in [0.5, 0.6) is 0 Å². The van der Waals surface area contributed by atoms with Crippen LogP contribution in [0.15, 0.2) is 6.07 Å². The van der Waals surface area contributed by atoms with Crippen molar-refractivity contribution in [3.05, 3.63) is 33.9 Å². The molecule has 0 saturated carbocycles. The van der Waals surface area contributed by atoms with Crippen LogP contribution in [0.4, 0.5) is 0 Å². The molecule has 2 rings (SSSR count). The number of hydrogen-bond acceptors (Lipinski definition) is 2. The maximum Gasteiger partial charge on any atom is 0.0351 e. The zero-order valence-electron chi connectivity index (χ0n) is 12.4. The van der Waals surface area contributed by atoms with Gasteiger partial charge in [-0.15, -0.1) is 0 Å². The number of nitrogens with two attached hydrogens (primary N) is 1. The standard InChI is InChI=1S/C16H26N2/c1-10-6-15(13(4)12(3)11(10)2)16-7-14(8-17)9-18(16)5/h6,14,16H,7-9,17H2,1-5H3. The molecule has 18 heavy (non-hydrogen) atoms. The van der Waals surface area contributed by atoms with Crippen molar-refractivity contribution in [1.29, 1.82) is 0 Å². The molecule has 0 spiro atoms. The lowest BCUT2D eigenvalue weighted by molar-refractivity contribution is 0.312. The van der Waals surface area contributed by atoms with Crippen molar-refractivity contribution >= 4 is 0 Å². The Bertz CT molecular complexity index is 451. The normalized spacial score (nSPS) is 24.8. The van der Waals surface area contributed by atoms with Crippen LogP contribution in [-0.2, 0) is 0 Å². The molecule has 1 fully saturated rings. The molecule has 0 aliphatic carbocycles. The molecule has 2 heteroatoms. The van der Waals surface area contributed by atoms with Crippen molar-refractivity contribution in [2.24, 2.45) is 11.7 Å². The highest BCUT2D eigenvalue weighted by Gasteiger charge is 2.31. The third-order valence-corrected chi connectivity index (χ3v) is 4.85. The minimum atomic E-state index is 0.552. The lowest BCUT2D eigenvalue weighted by atomic mass is 9.89. The van der Waals surface area contributed by atoms with Gasteiger partial charge in [0.25, 0.3) is 0 Å². The molecule has 2 unspecified atom stereocenters. The molecular weight excluding hydrogens is 220 g/mol. The van der Waals surface area contributed by atoms with Gasteiger partial charge in [-0.1, -0.05) is 6.07 Å². The Hall–Kier alpha value is -0.860. The first-order valence-electron chi connectivity index (χ1n) is 6.93. The van der Waals surface area contributed by atoms with Crippen molar-refractivity contribution in [3.63, 3.8) is 0 Å². The smallest absolute Gasteiger partial charge is 0.0351 e. The first-order valence-corrected chi connectivity index (χ1v) is 6.93. The third-order valence-electron chi connectivity index (χ3n) is 4.85. The second-order valence-corrected chi connectivity index (χ2v) is 5.95. The van der Waals surface area contributed by atoms with Crippen LogP contribution < -0.4 is 5.73 Å². The van der Waals surface area contributed by atoms with E-state index < -0.39 is 0 Å². The van der Waals surface area contributed by atoms with Gasteiger partial charge in [0, 0.05) is 12.6 Å². The number of rotatable bonds is 2. The molecule has 0 aromatic heterocycles. The summed E-state index contributed by atoms with van der Waals surface area (Å²) < 4.78 is 0. The summed E-state index contributed by atoms with van der Waals surface area (Å²) in [5.41, 5.74) is 13.1. The molecule has 2 N–H and O–H groups in total. The molecule has 1 aromatic carbocycles. The number of aryl methyl sites for hydroxylation is 1. The van der Waals surface area contributed by atoms with E-state index in [1.54, 1.807) is 0 Å². The summed E-state index contributed by atoms with van der Waals surface area (Å²) >= 11 is 0. The van der Waals surface area contributed by atoms with Gasteiger partial charge >= 0.3 is 0 Å². The van der Waals surface area contributed by atoms with E-state index in [2.05, 4.69) is 45.7 Å². The van der Waals surface area contributed by atoms with E-state index in [9.17, 15) is 0 Å². The highest BCUT2D eigenvalue weighted by molar-refractivity contribution is 5.45. The highest BCUT2D eigenvalue weighted by atomic mass is 15.2. The lowest BCUT2D eigenvalue weighted by Gasteiger charge is -2.24. The highest BCUT2D eigenvalue weighted by Crippen LogP contribution is 2.37. The van der Waals surface area contributed by atoms with Gasteiger partial charge in [-0.25, -0.2) is 0 Å². The zero-order chi connectivity index (χ0) is 13.4. The van der Waals surface area contributed by atoms with E-state index in [0.717, 1.165) is 13.1 Å². The first kappa shape index (κ1) is 13.6. The summed E-state index contributed by atoms with van der Waals surface area (Å²) in [5.74, 6) is 0.654. The molecule has 1 aliphatic rings. The Kier molecular flexibility index (Phi) is 3.79. The van der Waals surface area contributed by atoms with Gasteiger partial charge in [-0.3, -0.25) is 4.90 Å². The topological polar surface area (TPSA) is 29.3 Å². The van der Waals surface area contributed by atoms with Gasteiger partial charge in [-0.2, -0.15) is 0 Å². The Balaban J connectivity index is 2.40. The van der Waals surface area contributed by atoms with Crippen LogP contribution in [0, 0.1) is 33.6 Å². The number of benzene rings is 1. The van der Waals surface area contributed by atoms with Gasteiger partial charge in [0.15, 0.2) is 0 Å². The van der Waals surface area contributed by atoms with Gasteiger partial charge in [0.1, 0.15) is 0 Å². The fourth-order valence-corrected chi connectivity index (χ4v) is 3.23. The molecule has 0 radical (unpaired) electrons. The molecule has 100 valence electrons. The third kappa shape index (κ3) is 2.19. The lowest BCUT2D eigenvalue weighted by Crippen LogP contribution is -2.21. The number of hydrogen-bond donors (Lipinski definition) is 1. The van der Waals surface area contributed by atoms with E-state index in [-0.39, 0.29) is 0 Å². The molecule has 1 aliphatic heterocycles. The predicted molar refractivity (Wildman–Crippen MR) is 77.9 cm³/mol. The maximum atomic E-state index is 5.83. The minimum absolute atomic E-state index is 0.552. The average molecular weight is 246 g/mol. The van der Waals surface area contributed by atoms with Crippen LogP contribution >= 0.6 is 0 Å². The van der Waals surface area contributed by atoms with Crippen molar-refractivity contribution in [2.45, 2.75) is 40.2 Å². The van der Waals surface area contributed by atoms with Gasteiger partial charge < -0.3 is 5.73 Å². The molecule has 2 nitrogen and oxygen atoms in total. The van der Waals surface area contributed by atoms with Crippen molar-refractivity contribution in [1.82, 2.24) is 4.90 Å². The summed E-state index contributed by atoms with van der Waals surface area (Å²) in [6.07, 6.45) is 1.20. The fourth-order valence-electron chi connectivity index (χ4n) is 3.23. The van der Waals surface area contributed by atoms with Crippen molar-refractivity contribution in [2.75, 3.05) is 20.1 Å². The second-order valence-electron chi connectivity index (χ2n) is 5.95. The van der Waals surface area contributed by atoms with Gasteiger partial charge in [-0.05, 0) is 81.4 Å². The first-order chi connectivity index (χ1) is 8.45. The number of likely N-dealkylation sites (tertiary alicyclic amines) is 1. The van der Waals surface area contributed by atoms with Crippen LogP contribution in [-0.4, -0.2) is 25.0 Å². The summed E-state index contributed by atoms with van der Waals surface area (Å²) in [7, 11) is 2.23. The van der Waals surface area contributed by atoms with Crippen LogP contribution in [0.25, 0.3) is 0 Å². The van der Waals surface area contributed by atoms with E-state index in [1.165, 1.54) is 34.2 Å². The van der Waals surface area contributed by atoms with E-state index >= 15 is 0 Å². The fraction of sp³-hybridized carbons (Fsp3) is 0.625. The van der Waals surface area contributed by atoms with E-state index in [0.29, 0.717) is 12.0 Å². The second kappa shape index (κ2) is 5.02. The van der Waals surface area contributed by atoms with Crippen LogP contribution in [0.3, 0.4) is 0 Å². The van der Waals surface area contributed by atoms with Crippen molar-refractivity contribution < 1.29 is 0 Å². The molecule has 1 aromatic rings. The van der Waals surface area contributed by atoms with Crippen molar-refractivity contribution in [3.8, 4) is 0 Å². The minimum Gasteiger partial charge on any atom is -0.330 e. The quantitative estimate of drug-likeness (QED) is 0.869. The van der Waals surface area contributed by atoms with Crippen LogP contribution in [0.2, 0.25) is 0 Å². The Morgan fingerprint density at radius 1 is 1.17 bits per heavy atom. The summed E-state index contributed by atoms with van der Waals surface area (Å²) in [6.45, 7) is 10.9. The Morgan fingerprint density at radius 3 is 2.39 bits per heavy atom. The molecule has 1 heterocycles. The molecule has 2 atom stereocenters. The van der Waals surface area contributed by atoms with Gasteiger partial charge in [0.05, 0.1) is 0 Å². The molecular formula is C16H26N2. The Morgan fingerprint density at radius 2 is 1.83 bits per heavy atom. The zero-order valence-corrected chi connectivity index (χ0v) is 12.4. The van der Waals surface area contributed by atoms with Gasteiger partial charge in [0.2, 0.25) is 0 Å². The largest absolute Gasteiger partial charge is 0.330 e.